The molecule has 1 heterocycles. The lowest BCUT2D eigenvalue weighted by atomic mass is 9.83. The van der Waals surface area contributed by atoms with E-state index in [1.807, 2.05) is 0 Å². The van der Waals surface area contributed by atoms with Gasteiger partial charge in [-0.15, -0.1) is 0 Å². The van der Waals surface area contributed by atoms with Crippen molar-refractivity contribution >= 4 is 0 Å². The van der Waals surface area contributed by atoms with E-state index in [1.165, 1.54) is 38.8 Å². The van der Waals surface area contributed by atoms with Crippen LogP contribution in [0.1, 0.15) is 32.6 Å². The second-order valence-electron chi connectivity index (χ2n) is 4.28. The van der Waals surface area contributed by atoms with Crippen molar-refractivity contribution in [2.75, 3.05) is 13.1 Å². The first-order chi connectivity index (χ1) is 5.38. The van der Waals surface area contributed by atoms with Crippen molar-refractivity contribution in [1.82, 2.24) is 5.32 Å². The van der Waals surface area contributed by atoms with Crippen molar-refractivity contribution in [1.29, 1.82) is 0 Å². The van der Waals surface area contributed by atoms with Gasteiger partial charge in [-0.3, -0.25) is 0 Å². The molecule has 2 aliphatic rings. The van der Waals surface area contributed by atoms with E-state index in [1.54, 1.807) is 0 Å². The topological polar surface area (TPSA) is 12.0 Å². The number of rotatable bonds is 2. The predicted molar refractivity (Wildman–Crippen MR) is 47.5 cm³/mol. The molecule has 1 N–H and O–H groups in total. The van der Waals surface area contributed by atoms with Gasteiger partial charge in [-0.2, -0.15) is 0 Å². The molecule has 64 valence electrons. The fraction of sp³-hybridized carbons (Fsp3) is 1.00. The molecule has 0 bridgehead atoms. The third-order valence-electron chi connectivity index (χ3n) is 3.49. The van der Waals surface area contributed by atoms with E-state index in [-0.39, 0.29) is 0 Å². The summed E-state index contributed by atoms with van der Waals surface area (Å²) in [7, 11) is 0. The summed E-state index contributed by atoms with van der Waals surface area (Å²) in [6, 6.07) is 0. The van der Waals surface area contributed by atoms with Gasteiger partial charge in [-0.25, -0.2) is 0 Å². The molecule has 0 aromatic rings. The fourth-order valence-electron chi connectivity index (χ4n) is 2.38. The lowest BCUT2D eigenvalue weighted by molar-refractivity contribution is 0.251. The van der Waals surface area contributed by atoms with Crippen LogP contribution < -0.4 is 5.32 Å². The molecule has 0 amide bonds. The SMILES string of the molecule is C[C@@H](C1CCNCC1)C1CC1. The smallest absolute Gasteiger partial charge is 0.00462 e. The second-order valence-corrected chi connectivity index (χ2v) is 4.28. The lowest BCUT2D eigenvalue weighted by Gasteiger charge is -2.28. The van der Waals surface area contributed by atoms with Crippen LogP contribution in [0.4, 0.5) is 0 Å². The summed E-state index contributed by atoms with van der Waals surface area (Å²) in [5.41, 5.74) is 0. The van der Waals surface area contributed by atoms with Crippen LogP contribution in [0.5, 0.6) is 0 Å². The number of piperidine rings is 1. The molecule has 11 heavy (non-hydrogen) atoms. The van der Waals surface area contributed by atoms with Crippen LogP contribution in [0.15, 0.2) is 0 Å². The molecule has 1 atom stereocenters. The highest BCUT2D eigenvalue weighted by atomic mass is 14.9. The molecule has 1 saturated carbocycles. The molecule has 1 heteroatoms. The molecule has 0 spiro atoms. The van der Waals surface area contributed by atoms with E-state index in [0.29, 0.717) is 0 Å². The Morgan fingerprint density at radius 2 is 1.55 bits per heavy atom. The normalized spacial score (nSPS) is 30.3. The molecule has 2 rings (SSSR count). The molecule has 1 nitrogen and oxygen atoms in total. The third-order valence-corrected chi connectivity index (χ3v) is 3.49. The number of nitrogens with one attached hydrogen (secondary N) is 1. The number of hydrogen-bond donors (Lipinski definition) is 1. The highest BCUT2D eigenvalue weighted by Gasteiger charge is 2.33. The Morgan fingerprint density at radius 3 is 2.09 bits per heavy atom. The zero-order chi connectivity index (χ0) is 7.68. The molecule has 0 radical (unpaired) electrons. The minimum absolute atomic E-state index is 1.03. The predicted octanol–water partition coefficient (Wildman–Crippen LogP) is 2.03. The van der Waals surface area contributed by atoms with E-state index in [9.17, 15) is 0 Å². The summed E-state index contributed by atoms with van der Waals surface area (Å²) < 4.78 is 0. The summed E-state index contributed by atoms with van der Waals surface area (Å²) in [4.78, 5) is 0. The van der Waals surface area contributed by atoms with Crippen molar-refractivity contribution in [3.05, 3.63) is 0 Å². The molecule has 2 fully saturated rings. The Labute approximate surface area is 69.6 Å². The van der Waals surface area contributed by atoms with Crippen LogP contribution in [0, 0.1) is 17.8 Å². The standard InChI is InChI=1S/C10H19N/c1-8(9-2-3-9)10-4-6-11-7-5-10/h8-11H,2-7H2,1H3/t8-/m1/s1. The maximum atomic E-state index is 3.43. The van der Waals surface area contributed by atoms with Gasteiger partial charge in [-0.05, 0) is 56.5 Å². The zero-order valence-electron chi connectivity index (χ0n) is 7.47. The van der Waals surface area contributed by atoms with Gasteiger partial charge in [0.15, 0.2) is 0 Å². The van der Waals surface area contributed by atoms with Gasteiger partial charge >= 0.3 is 0 Å². The lowest BCUT2D eigenvalue weighted by Crippen LogP contribution is -2.31. The van der Waals surface area contributed by atoms with Gasteiger partial charge in [0.25, 0.3) is 0 Å². The largest absolute Gasteiger partial charge is 0.317 e. The van der Waals surface area contributed by atoms with Crippen LogP contribution in [0.2, 0.25) is 0 Å². The minimum atomic E-state index is 1.03. The first-order valence-electron chi connectivity index (χ1n) is 5.08. The summed E-state index contributed by atoms with van der Waals surface area (Å²) in [6.45, 7) is 5.00. The van der Waals surface area contributed by atoms with Crippen molar-refractivity contribution < 1.29 is 0 Å². The zero-order valence-corrected chi connectivity index (χ0v) is 7.47. The monoisotopic (exact) mass is 153 g/mol. The second kappa shape index (κ2) is 3.14. The van der Waals surface area contributed by atoms with Crippen LogP contribution in [-0.2, 0) is 0 Å². The molecule has 0 aromatic heterocycles. The molecular weight excluding hydrogens is 134 g/mol. The third kappa shape index (κ3) is 1.76. The molecule has 1 aliphatic carbocycles. The summed E-state index contributed by atoms with van der Waals surface area (Å²) >= 11 is 0. The average molecular weight is 153 g/mol. The highest BCUT2D eigenvalue weighted by Crippen LogP contribution is 2.42. The van der Waals surface area contributed by atoms with Gasteiger partial charge < -0.3 is 5.32 Å². The summed E-state index contributed by atoms with van der Waals surface area (Å²) in [5.74, 6) is 3.18. The molecule has 1 aliphatic heterocycles. The van der Waals surface area contributed by atoms with Crippen molar-refractivity contribution in [2.24, 2.45) is 17.8 Å². The van der Waals surface area contributed by atoms with E-state index in [0.717, 1.165) is 17.8 Å². The maximum absolute atomic E-state index is 3.43. The van der Waals surface area contributed by atoms with E-state index in [2.05, 4.69) is 12.2 Å². The van der Waals surface area contributed by atoms with Crippen LogP contribution in [-0.4, -0.2) is 13.1 Å². The fourth-order valence-corrected chi connectivity index (χ4v) is 2.38. The minimum Gasteiger partial charge on any atom is -0.317 e. The summed E-state index contributed by atoms with van der Waals surface area (Å²) in [5, 5.41) is 3.43. The first-order valence-corrected chi connectivity index (χ1v) is 5.08. The van der Waals surface area contributed by atoms with Crippen molar-refractivity contribution in [2.45, 2.75) is 32.6 Å². The van der Waals surface area contributed by atoms with E-state index >= 15 is 0 Å². The Hall–Kier alpha value is -0.0400. The van der Waals surface area contributed by atoms with Crippen LogP contribution in [0.25, 0.3) is 0 Å². The summed E-state index contributed by atoms with van der Waals surface area (Å²) in [6.07, 6.45) is 5.89. The maximum Gasteiger partial charge on any atom is -0.00462 e. The van der Waals surface area contributed by atoms with E-state index in [4.69, 9.17) is 0 Å². The first kappa shape index (κ1) is 7.60. The van der Waals surface area contributed by atoms with Gasteiger partial charge in [0.1, 0.15) is 0 Å². The van der Waals surface area contributed by atoms with Crippen LogP contribution in [0.3, 0.4) is 0 Å². The van der Waals surface area contributed by atoms with Crippen molar-refractivity contribution in [3.8, 4) is 0 Å². The Kier molecular flexibility index (Phi) is 2.17. The van der Waals surface area contributed by atoms with Crippen LogP contribution >= 0.6 is 0 Å². The highest BCUT2D eigenvalue weighted by molar-refractivity contribution is 4.84. The molecular formula is C10H19N. The Bertz CT molecular complexity index is 123. The molecule has 0 aromatic carbocycles. The van der Waals surface area contributed by atoms with E-state index < -0.39 is 0 Å². The Morgan fingerprint density at radius 1 is 1.00 bits per heavy atom. The average Bonchev–Trinajstić information content (AvgIpc) is 2.87. The molecule has 0 unspecified atom stereocenters. The van der Waals surface area contributed by atoms with Gasteiger partial charge in [-0.1, -0.05) is 6.92 Å². The number of hydrogen-bond acceptors (Lipinski definition) is 1. The van der Waals surface area contributed by atoms with Gasteiger partial charge in [0.05, 0.1) is 0 Å². The van der Waals surface area contributed by atoms with Gasteiger partial charge in [0, 0.05) is 0 Å². The van der Waals surface area contributed by atoms with Crippen molar-refractivity contribution in [3.63, 3.8) is 0 Å². The van der Waals surface area contributed by atoms with Gasteiger partial charge in [0.2, 0.25) is 0 Å². The Balaban J connectivity index is 1.81. The molecule has 1 saturated heterocycles. The quantitative estimate of drug-likeness (QED) is 0.640.